The van der Waals surface area contributed by atoms with Gasteiger partial charge in [0.15, 0.2) is 0 Å². The molecule has 1 aromatic heterocycles. The van der Waals surface area contributed by atoms with Gasteiger partial charge in [-0.25, -0.2) is 0 Å². The molecule has 4 nitrogen and oxygen atoms in total. The molecular formula is C18H18ClN3OS2. The fourth-order valence-corrected chi connectivity index (χ4v) is 3.85. The Morgan fingerprint density at radius 2 is 1.68 bits per heavy atom. The number of halogens is 1. The molecule has 0 amide bonds. The van der Waals surface area contributed by atoms with Crippen molar-refractivity contribution in [2.75, 3.05) is 18.2 Å². The molecule has 0 bridgehead atoms. The minimum absolute atomic E-state index is 0.728. The van der Waals surface area contributed by atoms with Crippen LogP contribution in [0.3, 0.4) is 0 Å². The minimum Gasteiger partial charge on any atom is -0.345 e. The zero-order chi connectivity index (χ0) is 17.8. The van der Waals surface area contributed by atoms with E-state index in [0.29, 0.717) is 0 Å². The molecule has 7 heteroatoms. The van der Waals surface area contributed by atoms with Gasteiger partial charge in [-0.1, -0.05) is 47.2 Å². The van der Waals surface area contributed by atoms with Gasteiger partial charge in [0.05, 0.1) is 0 Å². The number of aromatic nitrogens is 2. The lowest BCUT2D eigenvalue weighted by Gasteiger charge is -2.15. The van der Waals surface area contributed by atoms with Crippen molar-refractivity contribution >= 4 is 38.9 Å². The lowest BCUT2D eigenvalue weighted by atomic mass is 10.2. The van der Waals surface area contributed by atoms with Crippen LogP contribution in [-0.4, -0.2) is 27.7 Å². The van der Waals surface area contributed by atoms with Crippen LogP contribution in [0.15, 0.2) is 53.4 Å². The van der Waals surface area contributed by atoms with Gasteiger partial charge in [0, 0.05) is 47.0 Å². The van der Waals surface area contributed by atoms with E-state index in [2.05, 4.69) is 15.1 Å². The van der Waals surface area contributed by atoms with Crippen molar-refractivity contribution in [1.29, 1.82) is 0 Å². The van der Waals surface area contributed by atoms with Gasteiger partial charge in [0.1, 0.15) is 5.01 Å². The summed E-state index contributed by atoms with van der Waals surface area (Å²) < 4.78 is 11.4. The topological polar surface area (TPSA) is 46.1 Å². The second-order valence-corrected chi connectivity index (χ2v) is 8.59. The molecule has 0 aliphatic rings. The van der Waals surface area contributed by atoms with E-state index in [1.165, 1.54) is 0 Å². The Labute approximate surface area is 158 Å². The molecule has 25 heavy (non-hydrogen) atoms. The minimum atomic E-state index is -0.946. The number of benzene rings is 2. The Balaban J connectivity index is 1.64. The van der Waals surface area contributed by atoms with Crippen LogP contribution in [0.4, 0.5) is 5.13 Å². The van der Waals surface area contributed by atoms with Crippen LogP contribution < -0.4 is 4.90 Å². The van der Waals surface area contributed by atoms with E-state index in [1.807, 2.05) is 55.6 Å². The summed E-state index contributed by atoms with van der Waals surface area (Å²) in [6, 6.07) is 15.6. The van der Waals surface area contributed by atoms with Gasteiger partial charge in [-0.3, -0.25) is 4.21 Å². The largest absolute Gasteiger partial charge is 0.345 e. The molecule has 0 radical (unpaired) electrons. The number of rotatable bonds is 6. The Morgan fingerprint density at radius 1 is 1.04 bits per heavy atom. The highest BCUT2D eigenvalue weighted by molar-refractivity contribution is 7.84. The van der Waals surface area contributed by atoms with E-state index in [0.717, 1.165) is 44.1 Å². The molecule has 130 valence electrons. The van der Waals surface area contributed by atoms with Gasteiger partial charge in [0.25, 0.3) is 0 Å². The molecule has 1 heterocycles. The summed E-state index contributed by atoms with van der Waals surface area (Å²) in [5.74, 6) is 0. The lowest BCUT2D eigenvalue weighted by Crippen LogP contribution is -2.16. The van der Waals surface area contributed by atoms with E-state index in [4.69, 9.17) is 11.6 Å². The Morgan fingerprint density at radius 3 is 2.32 bits per heavy atom. The summed E-state index contributed by atoms with van der Waals surface area (Å²) >= 11 is 7.50. The number of hydrogen-bond acceptors (Lipinski definition) is 5. The number of nitrogens with zero attached hydrogens (tertiary/aromatic N) is 3. The molecule has 0 saturated carbocycles. The first kappa shape index (κ1) is 18.0. The summed E-state index contributed by atoms with van der Waals surface area (Å²) in [6.07, 6.45) is 2.43. The summed E-state index contributed by atoms with van der Waals surface area (Å²) in [6.45, 7) is 0.728. The third kappa shape index (κ3) is 4.87. The highest BCUT2D eigenvalue weighted by Crippen LogP contribution is 2.23. The van der Waals surface area contributed by atoms with Crippen LogP contribution in [0.2, 0.25) is 5.02 Å². The zero-order valence-electron chi connectivity index (χ0n) is 14.0. The molecule has 0 aliphatic carbocycles. The van der Waals surface area contributed by atoms with Crippen LogP contribution >= 0.6 is 22.9 Å². The van der Waals surface area contributed by atoms with Crippen molar-refractivity contribution < 1.29 is 4.21 Å². The number of hydrogen-bond donors (Lipinski definition) is 0. The van der Waals surface area contributed by atoms with Gasteiger partial charge < -0.3 is 4.90 Å². The van der Waals surface area contributed by atoms with Crippen molar-refractivity contribution in [3.63, 3.8) is 0 Å². The van der Waals surface area contributed by atoms with E-state index in [9.17, 15) is 4.21 Å². The molecule has 0 aliphatic heterocycles. The van der Waals surface area contributed by atoms with Crippen molar-refractivity contribution in [2.24, 2.45) is 0 Å². The lowest BCUT2D eigenvalue weighted by molar-refractivity contribution is 0.687. The smallest absolute Gasteiger partial charge is 0.208 e. The van der Waals surface area contributed by atoms with Crippen molar-refractivity contribution in [3.8, 4) is 0 Å². The molecule has 3 aromatic rings. The number of anilines is 1. The highest BCUT2D eigenvalue weighted by Gasteiger charge is 2.10. The quantitative estimate of drug-likeness (QED) is 0.633. The molecule has 0 spiro atoms. The van der Waals surface area contributed by atoms with Crippen LogP contribution in [0.1, 0.15) is 16.1 Å². The predicted molar refractivity (Wildman–Crippen MR) is 105 cm³/mol. The Kier molecular flexibility index (Phi) is 5.83. The molecule has 0 fully saturated rings. The summed E-state index contributed by atoms with van der Waals surface area (Å²) in [7, 11) is 1.05. The van der Waals surface area contributed by atoms with Gasteiger partial charge >= 0.3 is 0 Å². The summed E-state index contributed by atoms with van der Waals surface area (Å²) in [5.41, 5.74) is 2.31. The van der Waals surface area contributed by atoms with Gasteiger partial charge in [0.2, 0.25) is 5.13 Å². The van der Waals surface area contributed by atoms with E-state index in [1.54, 1.807) is 17.6 Å². The second-order valence-electron chi connectivity index (χ2n) is 5.74. The monoisotopic (exact) mass is 391 g/mol. The van der Waals surface area contributed by atoms with Crippen LogP contribution in [0, 0.1) is 0 Å². The summed E-state index contributed by atoms with van der Waals surface area (Å²) in [5, 5.41) is 11.2. The SMILES string of the molecule is CN(Cc1ccc(S(C)=O)cc1)c1nnc(Cc2ccc(Cl)cc2)s1. The van der Waals surface area contributed by atoms with Crippen molar-refractivity contribution in [2.45, 2.75) is 17.9 Å². The maximum atomic E-state index is 11.4. The van der Waals surface area contributed by atoms with E-state index in [-0.39, 0.29) is 0 Å². The van der Waals surface area contributed by atoms with Crippen molar-refractivity contribution in [3.05, 3.63) is 69.7 Å². The Hall–Kier alpha value is -1.76. The molecule has 0 N–H and O–H groups in total. The van der Waals surface area contributed by atoms with Crippen molar-refractivity contribution in [1.82, 2.24) is 10.2 Å². The molecule has 1 atom stereocenters. The highest BCUT2D eigenvalue weighted by atomic mass is 35.5. The Bertz CT molecular complexity index is 863. The summed E-state index contributed by atoms with van der Waals surface area (Å²) in [4.78, 5) is 2.91. The van der Waals surface area contributed by atoms with Crippen LogP contribution in [0.5, 0.6) is 0 Å². The average Bonchev–Trinajstić information content (AvgIpc) is 3.06. The third-order valence-electron chi connectivity index (χ3n) is 3.73. The fourth-order valence-electron chi connectivity index (χ4n) is 2.38. The van der Waals surface area contributed by atoms with Gasteiger partial charge in [-0.05, 0) is 35.4 Å². The first-order chi connectivity index (χ1) is 12.0. The first-order valence-corrected chi connectivity index (χ1v) is 10.5. The van der Waals surface area contributed by atoms with E-state index < -0.39 is 10.8 Å². The third-order valence-corrected chi connectivity index (χ3v) is 5.95. The predicted octanol–water partition coefficient (Wildman–Crippen LogP) is 4.16. The fraction of sp³-hybridized carbons (Fsp3) is 0.222. The normalized spacial score (nSPS) is 12.1. The maximum Gasteiger partial charge on any atom is 0.208 e. The first-order valence-electron chi connectivity index (χ1n) is 7.71. The molecule has 2 aromatic carbocycles. The van der Waals surface area contributed by atoms with Crippen LogP contribution in [0.25, 0.3) is 0 Å². The van der Waals surface area contributed by atoms with Crippen LogP contribution in [-0.2, 0) is 23.8 Å². The molecule has 3 rings (SSSR count). The van der Waals surface area contributed by atoms with Gasteiger partial charge in [-0.15, -0.1) is 10.2 Å². The maximum absolute atomic E-state index is 11.4. The standard InChI is InChI=1S/C18H18ClN3OS2/c1-22(12-14-5-9-16(10-6-14)25(2)23)18-21-20-17(24-18)11-13-3-7-15(19)8-4-13/h3-10H,11-12H2,1-2H3. The zero-order valence-corrected chi connectivity index (χ0v) is 16.4. The van der Waals surface area contributed by atoms with E-state index >= 15 is 0 Å². The van der Waals surface area contributed by atoms with Gasteiger partial charge in [-0.2, -0.15) is 0 Å². The molecular weight excluding hydrogens is 374 g/mol. The second kappa shape index (κ2) is 8.08. The average molecular weight is 392 g/mol. The molecule has 0 saturated heterocycles. The molecule has 1 unspecified atom stereocenters.